The van der Waals surface area contributed by atoms with Gasteiger partial charge in [-0.05, 0) is 71.1 Å². The van der Waals surface area contributed by atoms with Gasteiger partial charge in [-0.2, -0.15) is 0 Å². The van der Waals surface area contributed by atoms with Gasteiger partial charge in [-0.25, -0.2) is 4.98 Å². The van der Waals surface area contributed by atoms with E-state index in [4.69, 9.17) is 0 Å². The van der Waals surface area contributed by atoms with Crippen LogP contribution in [0.1, 0.15) is 52.1 Å². The molecule has 46 heavy (non-hydrogen) atoms. The molecule has 230 valence electrons. The van der Waals surface area contributed by atoms with Gasteiger partial charge >= 0.3 is 0 Å². The van der Waals surface area contributed by atoms with Crippen molar-refractivity contribution >= 4 is 47.1 Å². The van der Waals surface area contributed by atoms with E-state index in [1.54, 1.807) is 60.8 Å². The summed E-state index contributed by atoms with van der Waals surface area (Å²) in [5.41, 5.74) is 3.83. The van der Waals surface area contributed by atoms with Crippen molar-refractivity contribution in [2.24, 2.45) is 0 Å². The molecule has 1 heterocycles. The lowest BCUT2D eigenvalue weighted by Crippen LogP contribution is -2.30. The van der Waals surface area contributed by atoms with Gasteiger partial charge in [-0.3, -0.25) is 14.4 Å². The lowest BCUT2D eigenvalue weighted by Gasteiger charge is -2.17. The van der Waals surface area contributed by atoms with E-state index in [1.807, 2.05) is 78.9 Å². The van der Waals surface area contributed by atoms with E-state index in [9.17, 15) is 14.4 Å². The van der Waals surface area contributed by atoms with E-state index in [-0.39, 0.29) is 11.6 Å². The molecular weight excluding hydrogens is 593 g/mol. The summed E-state index contributed by atoms with van der Waals surface area (Å²) in [5, 5.41) is 8.04. The molecule has 0 aliphatic rings. The second kappa shape index (κ2) is 15.5. The number of carbonyl (C=O) groups is 3. The highest BCUT2D eigenvalue weighted by molar-refractivity contribution is 8.00. The van der Waals surface area contributed by atoms with Crippen LogP contribution in [0.25, 0.3) is 6.08 Å². The molecule has 7 nitrogen and oxygen atoms in total. The normalized spacial score (nSPS) is 11.8. The van der Waals surface area contributed by atoms with Gasteiger partial charge in [0.1, 0.15) is 16.8 Å². The maximum atomic E-state index is 13.7. The number of hydrogen-bond donors (Lipinski definition) is 3. The largest absolute Gasteiger partial charge is 0.321 e. The van der Waals surface area contributed by atoms with Gasteiger partial charge in [0.15, 0.2) is 0 Å². The number of nitrogens with one attached hydrogen (secondary N) is 3. The maximum Gasteiger partial charge on any atom is 0.272 e. The lowest BCUT2D eigenvalue weighted by molar-refractivity contribution is -0.116. The molecular formula is C38H34N4O3S. The number of amides is 3. The van der Waals surface area contributed by atoms with Crippen LogP contribution in [0.3, 0.4) is 0 Å². The van der Waals surface area contributed by atoms with Crippen molar-refractivity contribution in [3.63, 3.8) is 0 Å². The van der Waals surface area contributed by atoms with Crippen molar-refractivity contribution in [3.05, 3.63) is 162 Å². The number of hydrogen-bond acceptors (Lipinski definition) is 5. The Morgan fingerprint density at radius 2 is 1.41 bits per heavy atom. The Labute approximate surface area is 273 Å². The third kappa shape index (κ3) is 8.80. The van der Waals surface area contributed by atoms with Crippen LogP contribution in [0.2, 0.25) is 0 Å². The molecule has 4 aromatic carbocycles. The maximum absolute atomic E-state index is 13.7. The Balaban J connectivity index is 1.38. The third-order valence-corrected chi connectivity index (χ3v) is 8.29. The Morgan fingerprint density at radius 3 is 2.09 bits per heavy atom. The highest BCUT2D eigenvalue weighted by atomic mass is 32.2. The number of thioether (sulfide) groups is 1. The van der Waals surface area contributed by atoms with Gasteiger partial charge in [0, 0.05) is 22.3 Å². The molecule has 0 aliphatic carbocycles. The molecule has 0 bridgehead atoms. The summed E-state index contributed by atoms with van der Waals surface area (Å²) in [7, 11) is 0. The monoisotopic (exact) mass is 626 g/mol. The fraction of sp³-hybridized carbons (Fsp3) is 0.105. The first-order valence-corrected chi connectivity index (χ1v) is 15.8. The zero-order valence-electron chi connectivity index (χ0n) is 25.5. The molecule has 0 radical (unpaired) electrons. The molecule has 3 N–H and O–H groups in total. The van der Waals surface area contributed by atoms with Gasteiger partial charge in [0.05, 0.1) is 0 Å². The minimum absolute atomic E-state index is 0.0982. The van der Waals surface area contributed by atoms with E-state index in [1.165, 1.54) is 17.3 Å². The molecule has 1 atom stereocenters. The third-order valence-electron chi connectivity index (χ3n) is 7.05. The molecule has 8 heteroatoms. The number of carbonyl (C=O) groups excluding carboxylic acids is 3. The number of anilines is 2. The summed E-state index contributed by atoms with van der Waals surface area (Å²) in [5.74, 6) is -0.264. The van der Waals surface area contributed by atoms with Crippen LogP contribution >= 0.6 is 11.8 Å². The predicted octanol–water partition coefficient (Wildman–Crippen LogP) is 8.09. The molecule has 3 amide bonds. The summed E-state index contributed by atoms with van der Waals surface area (Å²) in [6.45, 7) is 4.23. The number of rotatable bonds is 11. The van der Waals surface area contributed by atoms with Crippen LogP contribution in [0.4, 0.5) is 11.5 Å². The fourth-order valence-corrected chi connectivity index (χ4v) is 5.68. The minimum Gasteiger partial charge on any atom is -0.321 e. The van der Waals surface area contributed by atoms with Crippen LogP contribution in [-0.4, -0.2) is 22.7 Å². The van der Waals surface area contributed by atoms with Crippen LogP contribution in [0.5, 0.6) is 0 Å². The Kier molecular flexibility index (Phi) is 10.8. The molecule has 1 unspecified atom stereocenters. The molecule has 0 saturated carbocycles. The SMILES string of the molecule is CC(C)c1ccc(/C=C(/NC(=O)c2ccccc2)C(=O)Nc2cccc(SC(C(=O)Nc3ccccn3)c3ccccc3)c2)cc1. The smallest absolute Gasteiger partial charge is 0.272 e. The van der Waals surface area contributed by atoms with Crippen LogP contribution in [0.15, 0.2) is 144 Å². The fourth-order valence-electron chi connectivity index (χ4n) is 4.60. The van der Waals surface area contributed by atoms with Gasteiger partial charge < -0.3 is 16.0 Å². The van der Waals surface area contributed by atoms with E-state index >= 15 is 0 Å². The highest BCUT2D eigenvalue weighted by Crippen LogP contribution is 2.37. The van der Waals surface area contributed by atoms with Crippen molar-refractivity contribution in [1.29, 1.82) is 0 Å². The van der Waals surface area contributed by atoms with Gasteiger partial charge in [-0.1, -0.05) is 98.8 Å². The van der Waals surface area contributed by atoms with E-state index < -0.39 is 17.1 Å². The van der Waals surface area contributed by atoms with Crippen molar-refractivity contribution in [1.82, 2.24) is 10.3 Å². The first-order valence-electron chi connectivity index (χ1n) is 14.9. The van der Waals surface area contributed by atoms with Crippen molar-refractivity contribution in [3.8, 4) is 0 Å². The molecule has 5 aromatic rings. The first kappa shape index (κ1) is 31.9. The minimum atomic E-state index is -0.580. The summed E-state index contributed by atoms with van der Waals surface area (Å²) in [4.78, 5) is 45.2. The molecule has 5 rings (SSSR count). The zero-order valence-corrected chi connectivity index (χ0v) is 26.3. The summed E-state index contributed by atoms with van der Waals surface area (Å²) >= 11 is 1.36. The van der Waals surface area contributed by atoms with Crippen molar-refractivity contribution in [2.75, 3.05) is 10.6 Å². The summed E-state index contributed by atoms with van der Waals surface area (Å²) < 4.78 is 0. The lowest BCUT2D eigenvalue weighted by atomic mass is 10.0. The summed E-state index contributed by atoms with van der Waals surface area (Å²) in [6, 6.07) is 38.7. The van der Waals surface area contributed by atoms with Gasteiger partial charge in [-0.15, -0.1) is 11.8 Å². The second-order valence-electron chi connectivity index (χ2n) is 10.8. The quantitative estimate of drug-likeness (QED) is 0.102. The van der Waals surface area contributed by atoms with Crippen molar-refractivity contribution in [2.45, 2.75) is 29.9 Å². The standard InChI is InChI=1S/C38H34N4O3S/c1-26(2)28-21-19-27(20-22-28)24-33(41-36(43)30-14-7-4-8-15-30)37(44)40-31-16-11-17-32(25-31)46-35(29-12-5-3-6-13-29)38(45)42-34-18-9-10-23-39-34/h3-26,35H,1-2H3,(H,40,44)(H,41,43)(H,39,42,45)/b33-24+. The Hall–Kier alpha value is -5.47. The van der Waals surface area contributed by atoms with Gasteiger partial charge in [0.25, 0.3) is 11.8 Å². The van der Waals surface area contributed by atoms with Crippen LogP contribution in [-0.2, 0) is 9.59 Å². The molecule has 0 spiro atoms. The van der Waals surface area contributed by atoms with Gasteiger partial charge in [0.2, 0.25) is 5.91 Å². The predicted molar refractivity (Wildman–Crippen MR) is 185 cm³/mol. The van der Waals surface area contributed by atoms with Crippen molar-refractivity contribution < 1.29 is 14.4 Å². The number of pyridine rings is 1. The average Bonchev–Trinajstić information content (AvgIpc) is 3.08. The van der Waals surface area contributed by atoms with Crippen LogP contribution < -0.4 is 16.0 Å². The Bertz CT molecular complexity index is 1810. The number of benzene rings is 4. The average molecular weight is 627 g/mol. The summed E-state index contributed by atoms with van der Waals surface area (Å²) in [6.07, 6.45) is 3.28. The second-order valence-corrected chi connectivity index (χ2v) is 12.0. The van der Waals surface area contributed by atoms with Crippen LogP contribution in [0, 0.1) is 0 Å². The number of nitrogens with zero attached hydrogens (tertiary/aromatic N) is 1. The molecule has 0 aliphatic heterocycles. The Morgan fingerprint density at radius 1 is 0.717 bits per heavy atom. The van der Waals surface area contributed by atoms with E-state index in [0.717, 1.165) is 16.0 Å². The molecule has 1 aromatic heterocycles. The van der Waals surface area contributed by atoms with E-state index in [2.05, 4.69) is 34.8 Å². The number of aromatic nitrogens is 1. The van der Waals surface area contributed by atoms with E-state index in [0.29, 0.717) is 23.0 Å². The first-order chi connectivity index (χ1) is 22.4. The molecule has 0 saturated heterocycles. The topological polar surface area (TPSA) is 100 Å². The zero-order chi connectivity index (χ0) is 32.3. The highest BCUT2D eigenvalue weighted by Gasteiger charge is 2.23. The molecule has 0 fully saturated rings.